The minimum absolute atomic E-state index is 0.197. The summed E-state index contributed by atoms with van der Waals surface area (Å²) in [7, 11) is 0. The number of hydrogen-bond acceptors (Lipinski definition) is 6. The SMILES string of the molecule is CC(=O)N[C@H](CSC(=O)[C@@]1([C@@H](O)C(C)C)NC(=O)[C@H](C)[C@@H]1C)C(=O)O. The Morgan fingerprint density at radius 1 is 1.32 bits per heavy atom. The van der Waals surface area contributed by atoms with E-state index >= 15 is 0 Å². The average Bonchev–Trinajstić information content (AvgIpc) is 2.74. The maximum absolute atomic E-state index is 12.9. The molecule has 0 spiro atoms. The van der Waals surface area contributed by atoms with Crippen molar-refractivity contribution >= 4 is 34.7 Å². The molecule has 1 heterocycles. The van der Waals surface area contributed by atoms with Gasteiger partial charge in [-0.2, -0.15) is 0 Å². The van der Waals surface area contributed by atoms with Crippen molar-refractivity contribution in [1.82, 2.24) is 10.6 Å². The highest BCUT2D eigenvalue weighted by Gasteiger charge is 2.58. The summed E-state index contributed by atoms with van der Waals surface area (Å²) >= 11 is 0.695. The van der Waals surface area contributed by atoms with E-state index in [1.165, 1.54) is 6.92 Å². The monoisotopic (exact) mass is 374 g/mol. The lowest BCUT2D eigenvalue weighted by Crippen LogP contribution is -2.61. The van der Waals surface area contributed by atoms with Gasteiger partial charge in [0.2, 0.25) is 16.9 Å². The van der Waals surface area contributed by atoms with Gasteiger partial charge in [-0.05, 0) is 5.92 Å². The van der Waals surface area contributed by atoms with Gasteiger partial charge >= 0.3 is 5.97 Å². The van der Waals surface area contributed by atoms with E-state index < -0.39 is 46.5 Å². The first-order valence-corrected chi connectivity index (χ1v) is 9.10. The van der Waals surface area contributed by atoms with Crippen molar-refractivity contribution in [2.24, 2.45) is 17.8 Å². The Bertz CT molecular complexity index is 567. The molecule has 0 aromatic heterocycles. The molecule has 0 aromatic carbocycles. The molecule has 0 bridgehead atoms. The zero-order valence-electron chi connectivity index (χ0n) is 15.0. The third-order valence-corrected chi connectivity index (χ3v) is 5.80. The molecular weight excluding hydrogens is 348 g/mol. The summed E-state index contributed by atoms with van der Waals surface area (Å²) in [5, 5.41) is 24.2. The van der Waals surface area contributed by atoms with E-state index in [4.69, 9.17) is 5.11 Å². The van der Waals surface area contributed by atoms with Crippen LogP contribution in [0.1, 0.15) is 34.6 Å². The molecule has 1 fully saturated rings. The topological polar surface area (TPSA) is 133 Å². The second-order valence-electron chi connectivity index (χ2n) is 6.81. The summed E-state index contributed by atoms with van der Waals surface area (Å²) in [5.74, 6) is -3.50. The van der Waals surface area contributed by atoms with E-state index in [0.29, 0.717) is 11.8 Å². The average molecular weight is 374 g/mol. The van der Waals surface area contributed by atoms with Crippen molar-refractivity contribution in [2.75, 3.05) is 5.75 Å². The van der Waals surface area contributed by atoms with Crippen LogP contribution in [0.5, 0.6) is 0 Å². The van der Waals surface area contributed by atoms with E-state index in [1.54, 1.807) is 27.7 Å². The van der Waals surface area contributed by atoms with Crippen LogP contribution >= 0.6 is 11.8 Å². The Morgan fingerprint density at radius 3 is 2.24 bits per heavy atom. The van der Waals surface area contributed by atoms with Gasteiger partial charge in [0.1, 0.15) is 11.6 Å². The summed E-state index contributed by atoms with van der Waals surface area (Å²) in [6.07, 6.45) is -1.11. The molecule has 0 unspecified atom stereocenters. The number of rotatable bonds is 7. The second-order valence-corrected chi connectivity index (χ2v) is 7.81. The van der Waals surface area contributed by atoms with Gasteiger partial charge in [-0.1, -0.05) is 39.5 Å². The standard InChI is InChI=1S/C16H26N2O6S/c1-7(2)12(20)16(9(4)8(3)13(21)18-16)15(24)25-6-11(14(22)23)17-10(5)19/h7-9,11-12,20H,6H2,1-5H3,(H,17,19)(H,18,21)(H,22,23)/t8-,9+,11-,12+,16-/m1/s1. The Balaban J connectivity index is 3.04. The molecule has 1 rings (SSSR count). The Kier molecular flexibility index (Phi) is 7.01. The molecule has 2 amide bonds. The molecule has 0 aliphatic carbocycles. The third kappa shape index (κ3) is 4.33. The minimum atomic E-state index is -1.48. The van der Waals surface area contributed by atoms with E-state index in [-0.39, 0.29) is 17.6 Å². The van der Waals surface area contributed by atoms with Crippen molar-refractivity contribution in [3.05, 3.63) is 0 Å². The molecule has 9 heteroatoms. The van der Waals surface area contributed by atoms with Crippen LogP contribution < -0.4 is 10.6 Å². The molecular formula is C16H26N2O6S. The number of aliphatic hydroxyl groups is 1. The molecule has 5 atom stereocenters. The highest BCUT2D eigenvalue weighted by Crippen LogP contribution is 2.40. The van der Waals surface area contributed by atoms with E-state index in [2.05, 4.69) is 10.6 Å². The van der Waals surface area contributed by atoms with Gasteiger partial charge in [-0.25, -0.2) is 4.79 Å². The van der Waals surface area contributed by atoms with Gasteiger partial charge in [0.05, 0.1) is 6.10 Å². The summed E-state index contributed by atoms with van der Waals surface area (Å²) < 4.78 is 0. The lowest BCUT2D eigenvalue weighted by Gasteiger charge is -2.38. The third-order valence-electron chi connectivity index (χ3n) is 4.70. The normalized spacial score (nSPS) is 28.4. The van der Waals surface area contributed by atoms with Gasteiger partial charge in [0.25, 0.3) is 0 Å². The number of carbonyl (C=O) groups excluding carboxylic acids is 3. The quantitative estimate of drug-likeness (QED) is 0.493. The predicted octanol–water partition coefficient (Wildman–Crippen LogP) is -0.00680. The fourth-order valence-electron chi connectivity index (χ4n) is 2.98. The van der Waals surface area contributed by atoms with Crippen LogP contribution in [0.2, 0.25) is 0 Å². The Morgan fingerprint density at radius 2 is 1.88 bits per heavy atom. The maximum atomic E-state index is 12.9. The lowest BCUT2D eigenvalue weighted by molar-refractivity contribution is -0.140. The summed E-state index contributed by atoms with van der Waals surface area (Å²) in [6.45, 7) is 8.07. The number of nitrogens with one attached hydrogen (secondary N) is 2. The molecule has 25 heavy (non-hydrogen) atoms. The molecule has 142 valence electrons. The van der Waals surface area contributed by atoms with E-state index in [0.717, 1.165) is 0 Å². The van der Waals surface area contributed by atoms with Crippen molar-refractivity contribution < 1.29 is 29.4 Å². The summed E-state index contributed by atoms with van der Waals surface area (Å²) in [6, 6.07) is -1.23. The first-order valence-electron chi connectivity index (χ1n) is 8.12. The summed E-state index contributed by atoms with van der Waals surface area (Å²) in [5.41, 5.74) is -1.48. The molecule has 1 aliphatic heterocycles. The van der Waals surface area contributed by atoms with Crippen molar-refractivity contribution in [3.63, 3.8) is 0 Å². The largest absolute Gasteiger partial charge is 0.480 e. The van der Waals surface area contributed by atoms with E-state index in [1.807, 2.05) is 0 Å². The number of carbonyl (C=O) groups is 4. The molecule has 8 nitrogen and oxygen atoms in total. The first kappa shape index (κ1) is 21.4. The minimum Gasteiger partial charge on any atom is -0.480 e. The van der Waals surface area contributed by atoms with Gasteiger partial charge in [-0.15, -0.1) is 0 Å². The smallest absolute Gasteiger partial charge is 0.327 e. The molecule has 0 saturated carbocycles. The second kappa shape index (κ2) is 8.18. The molecule has 0 radical (unpaired) electrons. The van der Waals surface area contributed by atoms with Crippen LogP contribution in [0.15, 0.2) is 0 Å². The highest BCUT2D eigenvalue weighted by molar-refractivity contribution is 8.13. The van der Waals surface area contributed by atoms with Gasteiger partial charge in [0.15, 0.2) is 0 Å². The zero-order chi connectivity index (χ0) is 19.5. The number of carboxylic acids is 1. The molecule has 1 saturated heterocycles. The molecule has 1 aliphatic rings. The summed E-state index contributed by atoms with van der Waals surface area (Å²) in [4.78, 5) is 47.3. The predicted molar refractivity (Wildman–Crippen MR) is 92.8 cm³/mol. The maximum Gasteiger partial charge on any atom is 0.327 e. The fourth-order valence-corrected chi connectivity index (χ4v) is 4.12. The zero-order valence-corrected chi connectivity index (χ0v) is 15.8. The van der Waals surface area contributed by atoms with Crippen molar-refractivity contribution in [2.45, 2.75) is 52.3 Å². The van der Waals surface area contributed by atoms with Crippen LogP contribution in [0.4, 0.5) is 0 Å². The fraction of sp³-hybridized carbons (Fsp3) is 0.750. The molecule has 0 aromatic rings. The van der Waals surface area contributed by atoms with Crippen LogP contribution in [0.3, 0.4) is 0 Å². The molecule has 4 N–H and O–H groups in total. The van der Waals surface area contributed by atoms with Crippen LogP contribution in [-0.4, -0.2) is 56.5 Å². The van der Waals surface area contributed by atoms with Crippen LogP contribution in [0, 0.1) is 17.8 Å². The lowest BCUT2D eigenvalue weighted by atomic mass is 9.75. The van der Waals surface area contributed by atoms with E-state index in [9.17, 15) is 24.3 Å². The number of aliphatic hydroxyl groups excluding tert-OH is 1. The Labute approximate surface area is 151 Å². The number of hydrogen-bond donors (Lipinski definition) is 4. The number of thioether (sulfide) groups is 1. The van der Waals surface area contributed by atoms with Crippen molar-refractivity contribution in [1.29, 1.82) is 0 Å². The highest BCUT2D eigenvalue weighted by atomic mass is 32.2. The van der Waals surface area contributed by atoms with Crippen LogP contribution in [0.25, 0.3) is 0 Å². The van der Waals surface area contributed by atoms with Gasteiger partial charge in [-0.3, -0.25) is 14.4 Å². The van der Waals surface area contributed by atoms with Gasteiger partial charge in [0, 0.05) is 24.5 Å². The Hall–Kier alpha value is -1.61. The number of carboxylic acid groups (broad SMARTS) is 1. The van der Waals surface area contributed by atoms with Crippen molar-refractivity contribution in [3.8, 4) is 0 Å². The number of amides is 2. The van der Waals surface area contributed by atoms with Gasteiger partial charge < -0.3 is 20.8 Å². The van der Waals surface area contributed by atoms with Crippen LogP contribution in [-0.2, 0) is 19.2 Å². The first-order chi connectivity index (χ1) is 11.4. The number of aliphatic carboxylic acids is 1.